The van der Waals surface area contributed by atoms with Gasteiger partial charge in [-0.1, -0.05) is 23.7 Å². The van der Waals surface area contributed by atoms with Crippen LogP contribution in [-0.4, -0.2) is 12.2 Å². The van der Waals surface area contributed by atoms with Crippen LogP contribution in [0.1, 0.15) is 22.8 Å². The van der Waals surface area contributed by atoms with E-state index in [1.165, 1.54) is 18.2 Å². The van der Waals surface area contributed by atoms with Crippen molar-refractivity contribution in [2.75, 3.05) is 7.11 Å². The lowest BCUT2D eigenvalue weighted by atomic mass is 10.00. The van der Waals surface area contributed by atoms with Crippen LogP contribution in [0.25, 0.3) is 0 Å². The van der Waals surface area contributed by atoms with Crippen molar-refractivity contribution in [3.63, 3.8) is 0 Å². The van der Waals surface area contributed by atoms with Crippen molar-refractivity contribution in [2.45, 2.75) is 19.4 Å². The van der Waals surface area contributed by atoms with Crippen LogP contribution in [0.5, 0.6) is 5.75 Å². The molecule has 2 aromatic rings. The van der Waals surface area contributed by atoms with Crippen molar-refractivity contribution >= 4 is 11.6 Å². The number of halogens is 2. The largest absolute Gasteiger partial charge is 0.496 e. The zero-order valence-corrected chi connectivity index (χ0v) is 12.1. The minimum absolute atomic E-state index is 0.253. The molecule has 0 bridgehead atoms. The Bertz CT molecular complexity index is 613. The second-order valence-electron chi connectivity index (χ2n) is 4.68. The third kappa shape index (κ3) is 3.30. The fraction of sp³-hybridized carbons (Fsp3) is 0.250. The first-order valence-electron chi connectivity index (χ1n) is 6.28. The highest BCUT2D eigenvalue weighted by Crippen LogP contribution is 2.27. The lowest BCUT2D eigenvalue weighted by Crippen LogP contribution is -2.03. The van der Waals surface area contributed by atoms with E-state index in [-0.39, 0.29) is 12.2 Å². The van der Waals surface area contributed by atoms with Gasteiger partial charge in [-0.3, -0.25) is 0 Å². The van der Waals surface area contributed by atoms with Gasteiger partial charge >= 0.3 is 0 Å². The molecule has 2 aromatic carbocycles. The van der Waals surface area contributed by atoms with Gasteiger partial charge in [0.2, 0.25) is 0 Å². The zero-order valence-electron chi connectivity index (χ0n) is 11.4. The van der Waals surface area contributed by atoms with Crippen LogP contribution in [0, 0.1) is 12.7 Å². The molecule has 2 nitrogen and oxygen atoms in total. The monoisotopic (exact) mass is 294 g/mol. The lowest BCUT2D eigenvalue weighted by molar-refractivity contribution is 0.178. The van der Waals surface area contributed by atoms with Gasteiger partial charge in [0.15, 0.2) is 0 Å². The predicted octanol–water partition coefficient (Wildman–Crippen LogP) is 4.07. The molecule has 0 fully saturated rings. The Morgan fingerprint density at radius 3 is 2.70 bits per heavy atom. The Balaban J connectivity index is 2.23. The van der Waals surface area contributed by atoms with Gasteiger partial charge in [0.05, 0.1) is 13.2 Å². The van der Waals surface area contributed by atoms with Crippen LogP contribution >= 0.6 is 11.6 Å². The van der Waals surface area contributed by atoms with Gasteiger partial charge in [0, 0.05) is 11.4 Å². The summed E-state index contributed by atoms with van der Waals surface area (Å²) in [6.45, 7) is 1.93. The van der Waals surface area contributed by atoms with Gasteiger partial charge in [-0.2, -0.15) is 0 Å². The maximum absolute atomic E-state index is 13.2. The molecule has 0 spiro atoms. The Morgan fingerprint density at radius 1 is 1.25 bits per heavy atom. The summed E-state index contributed by atoms with van der Waals surface area (Å²) in [7, 11) is 1.59. The molecule has 2 rings (SSSR count). The van der Waals surface area contributed by atoms with Gasteiger partial charge in [0.25, 0.3) is 0 Å². The molecule has 0 amide bonds. The first kappa shape index (κ1) is 14.8. The van der Waals surface area contributed by atoms with Crippen molar-refractivity contribution in [1.29, 1.82) is 0 Å². The summed E-state index contributed by atoms with van der Waals surface area (Å²) >= 11 is 6.01. The second kappa shape index (κ2) is 6.25. The summed E-state index contributed by atoms with van der Waals surface area (Å²) in [6.07, 6.45) is -0.508. The van der Waals surface area contributed by atoms with E-state index in [0.29, 0.717) is 21.9 Å². The average Bonchev–Trinajstić information content (AvgIpc) is 2.43. The molecule has 1 unspecified atom stereocenters. The maximum Gasteiger partial charge on any atom is 0.123 e. The molecule has 0 radical (unpaired) electrons. The van der Waals surface area contributed by atoms with E-state index < -0.39 is 6.10 Å². The molecule has 0 aliphatic carbocycles. The van der Waals surface area contributed by atoms with Crippen LogP contribution < -0.4 is 4.74 Å². The van der Waals surface area contributed by atoms with Crippen molar-refractivity contribution < 1.29 is 14.2 Å². The van der Waals surface area contributed by atoms with E-state index in [0.717, 1.165) is 5.56 Å². The van der Waals surface area contributed by atoms with Crippen molar-refractivity contribution in [3.05, 3.63) is 63.9 Å². The Labute approximate surface area is 122 Å². The number of aliphatic hydroxyl groups is 1. The average molecular weight is 295 g/mol. The molecule has 0 heterocycles. The number of hydrogen-bond acceptors (Lipinski definition) is 2. The van der Waals surface area contributed by atoms with Crippen molar-refractivity contribution in [1.82, 2.24) is 0 Å². The molecule has 1 N–H and O–H groups in total. The maximum atomic E-state index is 13.2. The van der Waals surface area contributed by atoms with Gasteiger partial charge in [-0.05, 0) is 47.9 Å². The van der Waals surface area contributed by atoms with Gasteiger partial charge < -0.3 is 9.84 Å². The quantitative estimate of drug-likeness (QED) is 0.921. The fourth-order valence-corrected chi connectivity index (χ4v) is 2.26. The fourth-order valence-electron chi connectivity index (χ4n) is 2.07. The standard InChI is InChI=1S/C16H16ClFO2/c1-10-3-4-11(9-16(10)20-2)15(19)8-12-7-13(18)5-6-14(12)17/h3-7,9,15,19H,8H2,1-2H3. The topological polar surface area (TPSA) is 29.5 Å². The predicted molar refractivity (Wildman–Crippen MR) is 77.8 cm³/mol. The SMILES string of the molecule is COc1cc(C(O)Cc2cc(F)ccc2Cl)ccc1C. The van der Waals surface area contributed by atoms with Gasteiger partial charge in [-0.15, -0.1) is 0 Å². The van der Waals surface area contributed by atoms with Crippen LogP contribution in [0.15, 0.2) is 36.4 Å². The van der Waals surface area contributed by atoms with Crippen LogP contribution in [0.2, 0.25) is 5.02 Å². The van der Waals surface area contributed by atoms with Crippen LogP contribution in [-0.2, 0) is 6.42 Å². The summed E-state index contributed by atoms with van der Waals surface area (Å²) in [5, 5.41) is 10.7. The van der Waals surface area contributed by atoms with E-state index in [4.69, 9.17) is 16.3 Å². The normalized spacial score (nSPS) is 12.2. The number of benzene rings is 2. The lowest BCUT2D eigenvalue weighted by Gasteiger charge is -2.14. The Kier molecular flexibility index (Phi) is 4.63. The number of methoxy groups -OCH3 is 1. The molecular formula is C16H16ClFO2. The molecule has 20 heavy (non-hydrogen) atoms. The number of aryl methyl sites for hydroxylation is 1. The Hall–Kier alpha value is -1.58. The van der Waals surface area contributed by atoms with Crippen molar-refractivity contribution in [3.8, 4) is 5.75 Å². The zero-order chi connectivity index (χ0) is 14.7. The summed E-state index contributed by atoms with van der Waals surface area (Å²) in [5.41, 5.74) is 2.29. The van der Waals surface area contributed by atoms with E-state index in [1.54, 1.807) is 13.2 Å². The highest BCUT2D eigenvalue weighted by atomic mass is 35.5. The molecule has 0 saturated heterocycles. The summed E-state index contributed by atoms with van der Waals surface area (Å²) < 4.78 is 18.4. The summed E-state index contributed by atoms with van der Waals surface area (Å²) in [4.78, 5) is 0. The van der Waals surface area contributed by atoms with E-state index >= 15 is 0 Å². The highest BCUT2D eigenvalue weighted by Gasteiger charge is 2.13. The molecule has 1 atom stereocenters. The van der Waals surface area contributed by atoms with E-state index in [1.807, 2.05) is 19.1 Å². The number of ether oxygens (including phenoxy) is 1. The first-order chi connectivity index (χ1) is 9.51. The number of hydrogen-bond donors (Lipinski definition) is 1. The Morgan fingerprint density at radius 2 is 2.00 bits per heavy atom. The summed E-state index contributed by atoms with van der Waals surface area (Å²) in [5.74, 6) is 0.352. The molecule has 4 heteroatoms. The summed E-state index contributed by atoms with van der Waals surface area (Å²) in [6, 6.07) is 9.63. The molecule has 0 aromatic heterocycles. The van der Waals surface area contributed by atoms with Crippen LogP contribution in [0.3, 0.4) is 0 Å². The molecule has 0 saturated carbocycles. The molecular weight excluding hydrogens is 279 g/mol. The second-order valence-corrected chi connectivity index (χ2v) is 5.09. The minimum Gasteiger partial charge on any atom is -0.496 e. The molecule has 0 aliphatic heterocycles. The molecule has 106 valence electrons. The highest BCUT2D eigenvalue weighted by molar-refractivity contribution is 6.31. The third-order valence-corrected chi connectivity index (χ3v) is 3.61. The van der Waals surface area contributed by atoms with Gasteiger partial charge in [-0.25, -0.2) is 4.39 Å². The molecule has 0 aliphatic rings. The van der Waals surface area contributed by atoms with E-state index in [2.05, 4.69) is 0 Å². The third-order valence-electron chi connectivity index (χ3n) is 3.24. The number of rotatable bonds is 4. The van der Waals surface area contributed by atoms with Crippen molar-refractivity contribution in [2.24, 2.45) is 0 Å². The van der Waals surface area contributed by atoms with E-state index in [9.17, 15) is 9.50 Å². The van der Waals surface area contributed by atoms with Gasteiger partial charge in [0.1, 0.15) is 11.6 Å². The smallest absolute Gasteiger partial charge is 0.123 e. The van der Waals surface area contributed by atoms with Crippen LogP contribution in [0.4, 0.5) is 4.39 Å². The first-order valence-corrected chi connectivity index (χ1v) is 6.65. The number of aliphatic hydroxyl groups excluding tert-OH is 1. The minimum atomic E-state index is -0.760.